The summed E-state index contributed by atoms with van der Waals surface area (Å²) in [5.41, 5.74) is 4.68. The molecule has 0 radical (unpaired) electrons. The van der Waals surface area contributed by atoms with Gasteiger partial charge >= 0.3 is 0 Å². The minimum absolute atomic E-state index is 0.674. The van der Waals surface area contributed by atoms with Gasteiger partial charge < -0.3 is 0 Å². The van der Waals surface area contributed by atoms with Crippen LogP contribution in [0.15, 0.2) is 30.5 Å². The number of carbonyl (C=O) groups is 1. The van der Waals surface area contributed by atoms with E-state index in [-0.39, 0.29) is 0 Å². The van der Waals surface area contributed by atoms with E-state index in [9.17, 15) is 4.79 Å². The number of hydrogen-bond donors (Lipinski definition) is 0. The molecule has 0 unspecified atom stereocenters. The fraction of sp³-hybridized carbons (Fsp3) is 0.154. The lowest BCUT2D eigenvalue weighted by atomic mass is 9.99. The first-order chi connectivity index (χ1) is 7.72. The van der Waals surface area contributed by atoms with Crippen LogP contribution in [0, 0.1) is 13.8 Å². The van der Waals surface area contributed by atoms with Crippen LogP contribution < -0.4 is 0 Å². The first-order valence-electron chi connectivity index (χ1n) is 5.07. The lowest BCUT2D eigenvalue weighted by molar-refractivity contribution is 0.112. The molecule has 0 saturated carbocycles. The Balaban J connectivity index is 2.62. The smallest absolute Gasteiger partial charge is 0.150 e. The second-order valence-electron chi connectivity index (χ2n) is 3.73. The molecule has 1 aromatic heterocycles. The van der Waals surface area contributed by atoms with Crippen LogP contribution >= 0.6 is 0 Å². The highest BCUT2D eigenvalue weighted by atomic mass is 16.1. The first-order valence-corrected chi connectivity index (χ1v) is 5.07. The summed E-state index contributed by atoms with van der Waals surface area (Å²) in [5.74, 6) is 0. The number of aryl methyl sites for hydroxylation is 2. The Morgan fingerprint density at radius 2 is 2.06 bits per heavy atom. The summed E-state index contributed by atoms with van der Waals surface area (Å²) in [6.07, 6.45) is 2.58. The number of nitrogens with zero attached hydrogens (tertiary/aromatic N) is 2. The Morgan fingerprint density at radius 3 is 2.75 bits per heavy atom. The predicted octanol–water partition coefficient (Wildman–Crippen LogP) is 2.57. The second kappa shape index (κ2) is 4.23. The molecule has 0 saturated heterocycles. The maximum Gasteiger partial charge on any atom is 0.150 e. The summed E-state index contributed by atoms with van der Waals surface area (Å²) in [6.45, 7) is 3.91. The van der Waals surface area contributed by atoms with Crippen molar-refractivity contribution in [3.8, 4) is 11.1 Å². The molecule has 2 rings (SSSR count). The van der Waals surface area contributed by atoms with Gasteiger partial charge in [-0.05, 0) is 31.0 Å². The minimum Gasteiger partial charge on any atom is -0.298 e. The van der Waals surface area contributed by atoms with E-state index in [0.29, 0.717) is 5.56 Å². The molecule has 0 fully saturated rings. The summed E-state index contributed by atoms with van der Waals surface area (Å²) in [4.78, 5) is 10.7. The van der Waals surface area contributed by atoms with E-state index < -0.39 is 0 Å². The Bertz CT molecular complexity index is 515. The van der Waals surface area contributed by atoms with E-state index in [1.165, 1.54) is 0 Å². The molecule has 3 nitrogen and oxygen atoms in total. The van der Waals surface area contributed by atoms with Crippen molar-refractivity contribution in [3.63, 3.8) is 0 Å². The van der Waals surface area contributed by atoms with Gasteiger partial charge in [0.2, 0.25) is 0 Å². The number of rotatable bonds is 2. The molecule has 0 aliphatic rings. The highest BCUT2D eigenvalue weighted by molar-refractivity contribution is 5.79. The second-order valence-corrected chi connectivity index (χ2v) is 3.73. The highest BCUT2D eigenvalue weighted by Crippen LogP contribution is 2.25. The van der Waals surface area contributed by atoms with Crippen molar-refractivity contribution in [1.29, 1.82) is 0 Å². The number of aromatic nitrogens is 2. The van der Waals surface area contributed by atoms with Gasteiger partial charge in [-0.15, -0.1) is 0 Å². The third-order valence-corrected chi connectivity index (χ3v) is 2.53. The molecule has 3 heteroatoms. The van der Waals surface area contributed by atoms with Gasteiger partial charge in [-0.2, -0.15) is 10.2 Å². The van der Waals surface area contributed by atoms with E-state index >= 15 is 0 Å². The molecular weight excluding hydrogens is 200 g/mol. The Kier molecular flexibility index (Phi) is 2.77. The number of aldehydes is 1. The van der Waals surface area contributed by atoms with Crippen molar-refractivity contribution in [2.75, 3.05) is 0 Å². The minimum atomic E-state index is 0.674. The SMILES string of the molecule is Cc1cnnc(C)c1-c1cccc(C=O)c1. The number of hydrogen-bond acceptors (Lipinski definition) is 3. The van der Waals surface area contributed by atoms with Crippen LogP contribution in [0.2, 0.25) is 0 Å². The third kappa shape index (κ3) is 1.84. The van der Waals surface area contributed by atoms with Crippen LogP contribution in [0.5, 0.6) is 0 Å². The van der Waals surface area contributed by atoms with Gasteiger partial charge in [0.15, 0.2) is 0 Å². The third-order valence-electron chi connectivity index (χ3n) is 2.53. The number of carbonyl (C=O) groups excluding carboxylic acids is 1. The molecule has 0 atom stereocenters. The first kappa shape index (κ1) is 10.5. The van der Waals surface area contributed by atoms with Gasteiger partial charge in [0.05, 0.1) is 11.9 Å². The van der Waals surface area contributed by atoms with Gasteiger partial charge in [0, 0.05) is 11.1 Å². The fourth-order valence-electron chi connectivity index (χ4n) is 1.81. The van der Waals surface area contributed by atoms with E-state index in [2.05, 4.69) is 10.2 Å². The predicted molar refractivity (Wildman–Crippen MR) is 62.3 cm³/mol. The highest BCUT2D eigenvalue weighted by Gasteiger charge is 2.07. The van der Waals surface area contributed by atoms with Crippen LogP contribution in [-0.2, 0) is 0 Å². The molecule has 0 amide bonds. The quantitative estimate of drug-likeness (QED) is 0.718. The van der Waals surface area contributed by atoms with Gasteiger partial charge in [0.1, 0.15) is 6.29 Å². The lowest BCUT2D eigenvalue weighted by Crippen LogP contribution is -1.94. The number of benzene rings is 1. The topological polar surface area (TPSA) is 42.9 Å². The Labute approximate surface area is 94.2 Å². The average molecular weight is 212 g/mol. The van der Waals surface area contributed by atoms with Crippen molar-refractivity contribution in [2.45, 2.75) is 13.8 Å². The summed E-state index contributed by atoms with van der Waals surface area (Å²) < 4.78 is 0. The van der Waals surface area contributed by atoms with Gasteiger partial charge in [-0.1, -0.05) is 18.2 Å². The molecule has 1 aromatic carbocycles. The molecule has 80 valence electrons. The van der Waals surface area contributed by atoms with Gasteiger partial charge in [-0.25, -0.2) is 0 Å². The molecule has 1 heterocycles. The average Bonchev–Trinajstić information content (AvgIpc) is 2.29. The van der Waals surface area contributed by atoms with Gasteiger partial charge in [-0.3, -0.25) is 4.79 Å². The molecule has 16 heavy (non-hydrogen) atoms. The maximum atomic E-state index is 10.7. The van der Waals surface area contributed by atoms with Crippen LogP contribution in [-0.4, -0.2) is 16.5 Å². The maximum absolute atomic E-state index is 10.7. The van der Waals surface area contributed by atoms with E-state index in [1.54, 1.807) is 12.3 Å². The molecule has 0 N–H and O–H groups in total. The van der Waals surface area contributed by atoms with Crippen LogP contribution in [0.25, 0.3) is 11.1 Å². The summed E-state index contributed by atoms with van der Waals surface area (Å²) >= 11 is 0. The standard InChI is InChI=1S/C13H12N2O/c1-9-7-14-15-10(2)13(9)12-5-3-4-11(6-12)8-16/h3-8H,1-2H3. The molecule has 0 aliphatic carbocycles. The zero-order chi connectivity index (χ0) is 11.5. The van der Waals surface area contributed by atoms with Crippen molar-refractivity contribution in [1.82, 2.24) is 10.2 Å². The van der Waals surface area contributed by atoms with Crippen molar-refractivity contribution < 1.29 is 4.79 Å². The van der Waals surface area contributed by atoms with Crippen LogP contribution in [0.3, 0.4) is 0 Å². The van der Waals surface area contributed by atoms with Crippen molar-refractivity contribution >= 4 is 6.29 Å². The lowest BCUT2D eigenvalue weighted by Gasteiger charge is -2.08. The van der Waals surface area contributed by atoms with Crippen molar-refractivity contribution in [2.24, 2.45) is 0 Å². The zero-order valence-electron chi connectivity index (χ0n) is 9.27. The van der Waals surface area contributed by atoms with Crippen LogP contribution in [0.4, 0.5) is 0 Å². The van der Waals surface area contributed by atoms with Gasteiger partial charge in [0.25, 0.3) is 0 Å². The molecule has 0 aliphatic heterocycles. The largest absolute Gasteiger partial charge is 0.298 e. The fourth-order valence-corrected chi connectivity index (χ4v) is 1.81. The molecule has 0 spiro atoms. The van der Waals surface area contributed by atoms with Crippen LogP contribution in [0.1, 0.15) is 21.6 Å². The molecule has 0 bridgehead atoms. The Morgan fingerprint density at radius 1 is 1.25 bits per heavy atom. The summed E-state index contributed by atoms with van der Waals surface area (Å²) in [6, 6.07) is 7.50. The zero-order valence-corrected chi connectivity index (χ0v) is 9.27. The van der Waals surface area contributed by atoms with E-state index in [0.717, 1.165) is 28.7 Å². The molecular formula is C13H12N2O. The normalized spacial score (nSPS) is 10.1. The summed E-state index contributed by atoms with van der Waals surface area (Å²) in [5, 5.41) is 7.93. The molecule has 2 aromatic rings. The van der Waals surface area contributed by atoms with E-state index in [4.69, 9.17) is 0 Å². The summed E-state index contributed by atoms with van der Waals surface area (Å²) in [7, 11) is 0. The monoisotopic (exact) mass is 212 g/mol. The van der Waals surface area contributed by atoms with Crippen molar-refractivity contribution in [3.05, 3.63) is 47.3 Å². The van der Waals surface area contributed by atoms with E-state index in [1.807, 2.05) is 32.0 Å². The Hall–Kier alpha value is -2.03.